The Kier molecular flexibility index (Phi) is 3.87. The molecule has 6 nitrogen and oxygen atoms in total. The number of benzene rings is 1. The van der Waals surface area contributed by atoms with Gasteiger partial charge in [0, 0.05) is 24.2 Å². The highest BCUT2D eigenvalue weighted by atomic mass is 19.4. The van der Waals surface area contributed by atoms with Gasteiger partial charge in [0.15, 0.2) is 0 Å². The number of nitrogens with one attached hydrogen (secondary N) is 2. The molecular formula is C18H14F3N5O. The Morgan fingerprint density at radius 2 is 2.04 bits per heavy atom. The fourth-order valence-corrected chi connectivity index (χ4v) is 3.22. The van der Waals surface area contributed by atoms with Crippen molar-refractivity contribution in [1.29, 1.82) is 0 Å². The first-order chi connectivity index (χ1) is 12.9. The summed E-state index contributed by atoms with van der Waals surface area (Å²) < 4.78 is 40.1. The quantitative estimate of drug-likeness (QED) is 0.576. The SMILES string of the molecule is CNc1ncccc1-c1ccc2c3[nH]ncc3c(=O)n(CC(F)(F)F)c2c1. The molecule has 0 saturated carbocycles. The maximum Gasteiger partial charge on any atom is 0.406 e. The van der Waals surface area contributed by atoms with Crippen LogP contribution in [-0.2, 0) is 6.54 Å². The van der Waals surface area contributed by atoms with Crippen LogP contribution >= 0.6 is 0 Å². The molecule has 0 aliphatic carbocycles. The number of alkyl halides is 3. The van der Waals surface area contributed by atoms with E-state index in [2.05, 4.69) is 20.5 Å². The molecule has 0 unspecified atom stereocenters. The summed E-state index contributed by atoms with van der Waals surface area (Å²) in [6.07, 6.45) is -1.67. The molecule has 0 atom stereocenters. The second-order valence-electron chi connectivity index (χ2n) is 6.05. The predicted molar refractivity (Wildman–Crippen MR) is 96.7 cm³/mol. The fraction of sp³-hybridized carbons (Fsp3) is 0.167. The average molecular weight is 373 g/mol. The lowest BCUT2D eigenvalue weighted by Crippen LogP contribution is -2.28. The first kappa shape index (κ1) is 17.1. The molecular weight excluding hydrogens is 359 g/mol. The third kappa shape index (κ3) is 2.90. The molecule has 9 heteroatoms. The lowest BCUT2D eigenvalue weighted by Gasteiger charge is -2.15. The molecule has 3 heterocycles. The Labute approximate surface area is 150 Å². The van der Waals surface area contributed by atoms with Crippen LogP contribution in [0.3, 0.4) is 0 Å². The zero-order valence-corrected chi connectivity index (χ0v) is 14.1. The summed E-state index contributed by atoms with van der Waals surface area (Å²) in [5, 5.41) is 10.1. The number of halogens is 3. The minimum absolute atomic E-state index is 0.122. The molecule has 4 rings (SSSR count). The fourth-order valence-electron chi connectivity index (χ4n) is 3.22. The summed E-state index contributed by atoms with van der Waals surface area (Å²) in [6, 6.07) is 8.58. The molecule has 0 amide bonds. The van der Waals surface area contributed by atoms with Gasteiger partial charge in [0.2, 0.25) is 0 Å². The van der Waals surface area contributed by atoms with Crippen LogP contribution in [0.25, 0.3) is 32.9 Å². The molecule has 0 saturated heterocycles. The molecule has 3 aromatic heterocycles. The Balaban J connectivity index is 2.06. The average Bonchev–Trinajstić information content (AvgIpc) is 3.14. The van der Waals surface area contributed by atoms with Crippen molar-refractivity contribution in [3.05, 3.63) is 53.1 Å². The van der Waals surface area contributed by atoms with Crippen molar-refractivity contribution in [3.8, 4) is 11.1 Å². The van der Waals surface area contributed by atoms with E-state index in [9.17, 15) is 18.0 Å². The van der Waals surface area contributed by atoms with Gasteiger partial charge >= 0.3 is 6.18 Å². The van der Waals surface area contributed by atoms with Crippen molar-refractivity contribution < 1.29 is 13.2 Å². The van der Waals surface area contributed by atoms with Crippen LogP contribution in [0.5, 0.6) is 0 Å². The monoisotopic (exact) mass is 373 g/mol. The number of aromatic nitrogens is 4. The maximum absolute atomic E-state index is 13.1. The van der Waals surface area contributed by atoms with Crippen molar-refractivity contribution in [3.63, 3.8) is 0 Å². The number of fused-ring (bicyclic) bond motifs is 3. The number of H-pyrrole nitrogens is 1. The third-order valence-corrected chi connectivity index (χ3v) is 4.37. The smallest absolute Gasteiger partial charge is 0.373 e. The molecule has 4 aromatic rings. The largest absolute Gasteiger partial charge is 0.406 e. The second-order valence-corrected chi connectivity index (χ2v) is 6.05. The van der Waals surface area contributed by atoms with Crippen LogP contribution in [-0.4, -0.2) is 33.0 Å². The molecule has 0 aliphatic heterocycles. The van der Waals surface area contributed by atoms with Gasteiger partial charge in [0.05, 0.1) is 22.6 Å². The van der Waals surface area contributed by atoms with Crippen molar-refractivity contribution >= 4 is 27.6 Å². The van der Waals surface area contributed by atoms with E-state index in [-0.39, 0.29) is 10.9 Å². The van der Waals surface area contributed by atoms with E-state index in [1.165, 1.54) is 6.20 Å². The van der Waals surface area contributed by atoms with Gasteiger partial charge in [0.25, 0.3) is 5.56 Å². The minimum atomic E-state index is -4.53. The molecule has 0 fully saturated rings. The van der Waals surface area contributed by atoms with Crippen molar-refractivity contribution in [2.75, 3.05) is 12.4 Å². The highest BCUT2D eigenvalue weighted by molar-refractivity contribution is 6.04. The van der Waals surface area contributed by atoms with Crippen LogP contribution in [0.2, 0.25) is 0 Å². The van der Waals surface area contributed by atoms with Gasteiger partial charge < -0.3 is 5.32 Å². The normalized spacial score (nSPS) is 12.0. The summed E-state index contributed by atoms with van der Waals surface area (Å²) in [5.74, 6) is 0.587. The van der Waals surface area contributed by atoms with Crippen LogP contribution < -0.4 is 10.9 Å². The standard InChI is InChI=1S/C18H14F3N5O/c1-22-16-11(3-2-6-23-16)10-4-5-12-14(7-10)26(9-18(19,20)21)17(27)13-8-24-25-15(12)13/h2-8H,9H2,1H3,(H,22,23)(H,24,25). The van der Waals surface area contributed by atoms with Gasteiger partial charge in [-0.3, -0.25) is 14.5 Å². The van der Waals surface area contributed by atoms with Crippen LogP contribution in [0.1, 0.15) is 0 Å². The molecule has 0 bridgehead atoms. The number of aromatic amines is 1. The number of hydrogen-bond acceptors (Lipinski definition) is 4. The molecule has 1 aromatic carbocycles. The van der Waals surface area contributed by atoms with Crippen molar-refractivity contribution in [2.24, 2.45) is 0 Å². The topological polar surface area (TPSA) is 75.6 Å². The second kappa shape index (κ2) is 6.11. The first-order valence-electron chi connectivity index (χ1n) is 8.08. The highest BCUT2D eigenvalue weighted by Crippen LogP contribution is 2.31. The molecule has 0 aliphatic rings. The summed E-state index contributed by atoms with van der Waals surface area (Å²) in [6.45, 7) is -1.38. The van der Waals surface area contributed by atoms with Crippen LogP contribution in [0.4, 0.5) is 19.0 Å². The molecule has 138 valence electrons. The Bertz CT molecular complexity index is 1210. The number of nitrogens with zero attached hydrogens (tertiary/aromatic N) is 3. The highest BCUT2D eigenvalue weighted by Gasteiger charge is 2.30. The van der Waals surface area contributed by atoms with E-state index in [4.69, 9.17) is 0 Å². The van der Waals surface area contributed by atoms with Crippen molar-refractivity contribution in [2.45, 2.75) is 12.7 Å². The third-order valence-electron chi connectivity index (χ3n) is 4.37. The molecule has 2 N–H and O–H groups in total. The molecule has 27 heavy (non-hydrogen) atoms. The lowest BCUT2D eigenvalue weighted by molar-refractivity contribution is -0.140. The number of rotatable bonds is 3. The summed E-state index contributed by atoms with van der Waals surface area (Å²) in [7, 11) is 1.71. The number of pyridine rings is 2. The van der Waals surface area contributed by atoms with Gasteiger partial charge in [-0.2, -0.15) is 18.3 Å². The Morgan fingerprint density at radius 1 is 1.22 bits per heavy atom. The van der Waals surface area contributed by atoms with E-state index in [0.717, 1.165) is 10.1 Å². The van der Waals surface area contributed by atoms with Crippen LogP contribution in [0.15, 0.2) is 47.5 Å². The van der Waals surface area contributed by atoms with E-state index in [0.29, 0.717) is 22.3 Å². The zero-order chi connectivity index (χ0) is 19.2. The maximum atomic E-state index is 13.1. The van der Waals surface area contributed by atoms with E-state index >= 15 is 0 Å². The Hall–Kier alpha value is -3.36. The van der Waals surface area contributed by atoms with Crippen molar-refractivity contribution in [1.82, 2.24) is 19.7 Å². The van der Waals surface area contributed by atoms with Gasteiger partial charge in [-0.15, -0.1) is 0 Å². The van der Waals surface area contributed by atoms with Gasteiger partial charge in [-0.25, -0.2) is 4.98 Å². The number of anilines is 1. The minimum Gasteiger partial charge on any atom is -0.373 e. The summed E-state index contributed by atoms with van der Waals surface area (Å²) >= 11 is 0. The summed E-state index contributed by atoms with van der Waals surface area (Å²) in [5.41, 5.74) is 1.23. The first-order valence-corrected chi connectivity index (χ1v) is 8.08. The predicted octanol–water partition coefficient (Wildman–Crippen LogP) is 3.54. The van der Waals surface area contributed by atoms with Gasteiger partial charge in [0.1, 0.15) is 12.4 Å². The van der Waals surface area contributed by atoms with Crippen LogP contribution in [0, 0.1) is 0 Å². The summed E-state index contributed by atoms with van der Waals surface area (Å²) in [4.78, 5) is 16.8. The van der Waals surface area contributed by atoms with E-state index in [1.807, 2.05) is 0 Å². The lowest BCUT2D eigenvalue weighted by atomic mass is 10.0. The van der Waals surface area contributed by atoms with E-state index < -0.39 is 18.3 Å². The number of hydrogen-bond donors (Lipinski definition) is 2. The van der Waals surface area contributed by atoms with Gasteiger partial charge in [-0.1, -0.05) is 12.1 Å². The molecule has 0 spiro atoms. The molecule has 0 radical (unpaired) electrons. The van der Waals surface area contributed by atoms with Gasteiger partial charge in [-0.05, 0) is 23.8 Å². The Morgan fingerprint density at radius 3 is 2.78 bits per heavy atom. The van der Waals surface area contributed by atoms with E-state index in [1.54, 1.807) is 43.6 Å². The zero-order valence-electron chi connectivity index (χ0n) is 14.1.